The van der Waals surface area contributed by atoms with E-state index in [0.29, 0.717) is 12.3 Å². The standard InChI is InChI=1S/C19H29N3O2/c1-3-21-13-14-8-11-22(12-9-14)18(23)19(20)10-7-15-16(19)5-4-6-17(15)24-2/h4-6,14,21H,3,7-13,20H2,1-2H3. The highest BCUT2D eigenvalue weighted by atomic mass is 16.5. The van der Waals surface area contributed by atoms with Crippen molar-refractivity contribution in [3.05, 3.63) is 29.3 Å². The Kier molecular flexibility index (Phi) is 5.11. The van der Waals surface area contributed by atoms with Crippen molar-refractivity contribution in [3.63, 3.8) is 0 Å². The Morgan fingerprint density at radius 2 is 2.17 bits per heavy atom. The predicted molar refractivity (Wildman–Crippen MR) is 95.0 cm³/mol. The minimum Gasteiger partial charge on any atom is -0.496 e. The van der Waals surface area contributed by atoms with E-state index in [9.17, 15) is 4.79 Å². The molecule has 1 aliphatic heterocycles. The van der Waals surface area contributed by atoms with Gasteiger partial charge in [0.25, 0.3) is 0 Å². The van der Waals surface area contributed by atoms with Gasteiger partial charge in [-0.15, -0.1) is 0 Å². The van der Waals surface area contributed by atoms with Crippen molar-refractivity contribution in [2.24, 2.45) is 11.7 Å². The van der Waals surface area contributed by atoms with Crippen LogP contribution in [0.4, 0.5) is 0 Å². The number of hydrogen-bond donors (Lipinski definition) is 2. The molecule has 3 rings (SSSR count). The van der Waals surface area contributed by atoms with Gasteiger partial charge in [0.05, 0.1) is 7.11 Å². The number of likely N-dealkylation sites (tertiary alicyclic amines) is 1. The van der Waals surface area contributed by atoms with Crippen molar-refractivity contribution in [2.75, 3.05) is 33.3 Å². The molecule has 132 valence electrons. The number of nitrogens with one attached hydrogen (secondary N) is 1. The van der Waals surface area contributed by atoms with Gasteiger partial charge in [-0.3, -0.25) is 4.79 Å². The maximum Gasteiger partial charge on any atom is 0.247 e. The molecule has 1 aromatic rings. The van der Waals surface area contributed by atoms with Crippen LogP contribution in [0.5, 0.6) is 5.75 Å². The van der Waals surface area contributed by atoms with Crippen molar-refractivity contribution in [1.29, 1.82) is 0 Å². The van der Waals surface area contributed by atoms with Crippen molar-refractivity contribution in [3.8, 4) is 5.75 Å². The van der Waals surface area contributed by atoms with Crippen molar-refractivity contribution < 1.29 is 9.53 Å². The van der Waals surface area contributed by atoms with Crippen LogP contribution >= 0.6 is 0 Å². The topological polar surface area (TPSA) is 67.6 Å². The summed E-state index contributed by atoms with van der Waals surface area (Å²) in [4.78, 5) is 15.1. The maximum atomic E-state index is 13.1. The number of ether oxygens (including phenoxy) is 1. The van der Waals surface area contributed by atoms with Crippen LogP contribution in [0.25, 0.3) is 0 Å². The fourth-order valence-electron chi connectivity index (χ4n) is 4.08. The number of carbonyl (C=O) groups excluding carboxylic acids is 1. The lowest BCUT2D eigenvalue weighted by Crippen LogP contribution is -2.54. The summed E-state index contributed by atoms with van der Waals surface area (Å²) >= 11 is 0. The lowest BCUT2D eigenvalue weighted by molar-refractivity contribution is -0.138. The molecule has 5 heteroatoms. The van der Waals surface area contributed by atoms with E-state index in [1.807, 2.05) is 23.1 Å². The van der Waals surface area contributed by atoms with Crippen molar-refractivity contribution >= 4 is 5.91 Å². The molecule has 2 aliphatic rings. The van der Waals surface area contributed by atoms with E-state index in [-0.39, 0.29) is 5.91 Å². The van der Waals surface area contributed by atoms with E-state index >= 15 is 0 Å². The number of benzene rings is 1. The number of fused-ring (bicyclic) bond motifs is 1. The zero-order chi connectivity index (χ0) is 17.2. The first-order valence-corrected chi connectivity index (χ1v) is 9.05. The number of piperidine rings is 1. The summed E-state index contributed by atoms with van der Waals surface area (Å²) in [7, 11) is 1.67. The van der Waals surface area contributed by atoms with Gasteiger partial charge in [0, 0.05) is 13.1 Å². The highest BCUT2D eigenvalue weighted by Gasteiger charge is 2.45. The van der Waals surface area contributed by atoms with E-state index in [0.717, 1.165) is 62.3 Å². The minimum atomic E-state index is -0.890. The third-order valence-electron chi connectivity index (χ3n) is 5.57. The summed E-state index contributed by atoms with van der Waals surface area (Å²) in [6.07, 6.45) is 3.58. The molecule has 1 aliphatic carbocycles. The van der Waals surface area contributed by atoms with Gasteiger partial charge in [-0.1, -0.05) is 19.1 Å². The van der Waals surface area contributed by atoms with Gasteiger partial charge in [0.2, 0.25) is 5.91 Å². The Morgan fingerprint density at radius 1 is 1.42 bits per heavy atom. The van der Waals surface area contributed by atoms with Crippen LogP contribution in [0.3, 0.4) is 0 Å². The Hall–Kier alpha value is -1.59. The van der Waals surface area contributed by atoms with Gasteiger partial charge in [-0.25, -0.2) is 0 Å². The molecule has 0 bridgehead atoms. The van der Waals surface area contributed by atoms with Gasteiger partial charge in [0.15, 0.2) is 0 Å². The van der Waals surface area contributed by atoms with Gasteiger partial charge in [0.1, 0.15) is 11.3 Å². The van der Waals surface area contributed by atoms with Crippen LogP contribution in [0.2, 0.25) is 0 Å². The second kappa shape index (κ2) is 7.11. The molecule has 1 unspecified atom stereocenters. The molecule has 1 saturated heterocycles. The Morgan fingerprint density at radius 3 is 2.83 bits per heavy atom. The molecule has 1 atom stereocenters. The van der Waals surface area contributed by atoms with Crippen LogP contribution in [0, 0.1) is 5.92 Å². The molecule has 3 N–H and O–H groups in total. The molecule has 0 saturated carbocycles. The maximum absolute atomic E-state index is 13.1. The quantitative estimate of drug-likeness (QED) is 0.861. The Bertz CT molecular complexity index is 596. The van der Waals surface area contributed by atoms with Crippen molar-refractivity contribution in [2.45, 2.75) is 38.1 Å². The Balaban J connectivity index is 1.71. The first kappa shape index (κ1) is 17.2. The van der Waals surface area contributed by atoms with Gasteiger partial charge in [-0.2, -0.15) is 0 Å². The van der Waals surface area contributed by atoms with Gasteiger partial charge >= 0.3 is 0 Å². The van der Waals surface area contributed by atoms with E-state index < -0.39 is 5.54 Å². The van der Waals surface area contributed by atoms with Gasteiger partial charge < -0.3 is 20.7 Å². The third kappa shape index (κ3) is 3.03. The molecular weight excluding hydrogens is 302 g/mol. The fourth-order valence-corrected chi connectivity index (χ4v) is 4.08. The van der Waals surface area contributed by atoms with E-state index in [2.05, 4.69) is 12.2 Å². The highest BCUT2D eigenvalue weighted by Crippen LogP contribution is 2.41. The molecule has 0 radical (unpaired) electrons. The van der Waals surface area contributed by atoms with E-state index in [1.165, 1.54) is 0 Å². The van der Waals surface area contributed by atoms with Crippen LogP contribution in [-0.2, 0) is 16.8 Å². The minimum absolute atomic E-state index is 0.0800. The monoisotopic (exact) mass is 331 g/mol. The smallest absolute Gasteiger partial charge is 0.247 e. The van der Waals surface area contributed by atoms with E-state index in [1.54, 1.807) is 7.11 Å². The summed E-state index contributed by atoms with van der Waals surface area (Å²) in [6, 6.07) is 5.86. The number of rotatable bonds is 5. The zero-order valence-corrected chi connectivity index (χ0v) is 14.8. The highest BCUT2D eigenvalue weighted by molar-refractivity contribution is 5.89. The summed E-state index contributed by atoms with van der Waals surface area (Å²) in [5, 5.41) is 3.41. The normalized spacial score (nSPS) is 24.0. The SMILES string of the molecule is CCNCC1CCN(C(=O)C2(N)CCc3c(OC)cccc32)CC1. The number of amides is 1. The third-order valence-corrected chi connectivity index (χ3v) is 5.57. The molecule has 1 heterocycles. The first-order valence-electron chi connectivity index (χ1n) is 9.05. The molecule has 1 fully saturated rings. The zero-order valence-electron chi connectivity index (χ0n) is 14.8. The number of nitrogens with two attached hydrogens (primary N) is 1. The fraction of sp³-hybridized carbons (Fsp3) is 0.632. The largest absolute Gasteiger partial charge is 0.496 e. The molecule has 5 nitrogen and oxygen atoms in total. The number of carbonyl (C=O) groups is 1. The molecule has 1 amide bonds. The molecular formula is C19H29N3O2. The second-order valence-corrected chi connectivity index (χ2v) is 7.00. The number of methoxy groups -OCH3 is 1. The lowest BCUT2D eigenvalue weighted by atomic mass is 9.89. The summed E-state index contributed by atoms with van der Waals surface area (Å²) in [5.41, 5.74) is 7.78. The van der Waals surface area contributed by atoms with Crippen molar-refractivity contribution in [1.82, 2.24) is 10.2 Å². The van der Waals surface area contributed by atoms with Crippen LogP contribution in [0.1, 0.15) is 37.3 Å². The predicted octanol–water partition coefficient (Wildman–Crippen LogP) is 1.64. The molecule has 0 spiro atoms. The molecule has 1 aromatic carbocycles. The summed E-state index contributed by atoms with van der Waals surface area (Å²) in [6.45, 7) is 5.80. The van der Waals surface area contributed by atoms with Crippen LogP contribution < -0.4 is 15.8 Å². The van der Waals surface area contributed by atoms with Crippen LogP contribution in [-0.4, -0.2) is 44.1 Å². The molecule has 24 heavy (non-hydrogen) atoms. The summed E-state index contributed by atoms with van der Waals surface area (Å²) < 4.78 is 5.44. The van der Waals surface area contributed by atoms with Crippen LogP contribution in [0.15, 0.2) is 18.2 Å². The molecule has 0 aromatic heterocycles. The number of nitrogens with zero attached hydrogens (tertiary/aromatic N) is 1. The lowest BCUT2D eigenvalue weighted by Gasteiger charge is -2.37. The second-order valence-electron chi connectivity index (χ2n) is 7.00. The average Bonchev–Trinajstić information content (AvgIpc) is 2.98. The first-order chi connectivity index (χ1) is 11.6. The van der Waals surface area contributed by atoms with Gasteiger partial charge in [-0.05, 0) is 61.9 Å². The average molecular weight is 331 g/mol. The Labute approximate surface area is 144 Å². The van der Waals surface area contributed by atoms with E-state index in [4.69, 9.17) is 10.5 Å². The summed E-state index contributed by atoms with van der Waals surface area (Å²) in [5.74, 6) is 1.59. The number of hydrogen-bond acceptors (Lipinski definition) is 4.